The summed E-state index contributed by atoms with van der Waals surface area (Å²) in [6, 6.07) is 3.54. The van der Waals surface area contributed by atoms with Gasteiger partial charge in [-0.05, 0) is 19.1 Å². The van der Waals surface area contributed by atoms with Crippen molar-refractivity contribution in [1.82, 2.24) is 0 Å². The summed E-state index contributed by atoms with van der Waals surface area (Å²) in [6.45, 7) is 1.35. The molecule has 0 saturated carbocycles. The van der Waals surface area contributed by atoms with Gasteiger partial charge < -0.3 is 9.84 Å². The van der Waals surface area contributed by atoms with Crippen molar-refractivity contribution in [2.45, 2.75) is 13.0 Å². The van der Waals surface area contributed by atoms with Gasteiger partial charge in [0.1, 0.15) is 11.6 Å². The molecule has 5 heteroatoms. The average molecular weight is 219 g/mol. The molecule has 1 N–H and O–H groups in total. The largest absolute Gasteiger partial charge is 0.479 e. The Hall–Kier alpha value is -1.29. The maximum absolute atomic E-state index is 12.8. The molecule has 0 saturated heterocycles. The van der Waals surface area contributed by atoms with Crippen molar-refractivity contribution in [2.24, 2.45) is 0 Å². The van der Waals surface area contributed by atoms with Crippen LogP contribution in [-0.2, 0) is 4.79 Å². The maximum atomic E-state index is 12.8. The van der Waals surface area contributed by atoms with Crippen LogP contribution in [0.15, 0.2) is 18.2 Å². The smallest absolute Gasteiger partial charge is 0.344 e. The zero-order chi connectivity index (χ0) is 10.7. The molecule has 14 heavy (non-hydrogen) atoms. The SMILES string of the molecule is CC(Oc1cc(F)cc(Cl)c1)C(=O)O. The minimum Gasteiger partial charge on any atom is -0.479 e. The van der Waals surface area contributed by atoms with Gasteiger partial charge >= 0.3 is 5.97 Å². The highest BCUT2D eigenvalue weighted by atomic mass is 35.5. The second-order valence-corrected chi connectivity index (χ2v) is 3.14. The lowest BCUT2D eigenvalue weighted by molar-refractivity contribution is -0.144. The number of aliphatic carboxylic acids is 1. The van der Waals surface area contributed by atoms with E-state index in [4.69, 9.17) is 21.4 Å². The van der Waals surface area contributed by atoms with Crippen LogP contribution in [-0.4, -0.2) is 17.2 Å². The van der Waals surface area contributed by atoms with Crippen LogP contribution in [0.25, 0.3) is 0 Å². The van der Waals surface area contributed by atoms with E-state index in [1.807, 2.05) is 0 Å². The Labute approximate surface area is 85.1 Å². The summed E-state index contributed by atoms with van der Waals surface area (Å²) in [5.74, 6) is -1.58. The zero-order valence-corrected chi connectivity index (χ0v) is 8.08. The molecular formula is C9H8ClFO3. The van der Waals surface area contributed by atoms with E-state index >= 15 is 0 Å². The molecule has 0 aliphatic heterocycles. The molecule has 1 aromatic rings. The Morgan fingerprint density at radius 2 is 2.21 bits per heavy atom. The molecule has 3 nitrogen and oxygen atoms in total. The Kier molecular flexibility index (Phi) is 3.30. The lowest BCUT2D eigenvalue weighted by atomic mass is 10.3. The Bertz CT molecular complexity index is 334. The van der Waals surface area contributed by atoms with E-state index in [1.54, 1.807) is 0 Å². The maximum Gasteiger partial charge on any atom is 0.344 e. The molecule has 0 fully saturated rings. The van der Waals surface area contributed by atoms with E-state index in [0.29, 0.717) is 0 Å². The number of ether oxygens (including phenoxy) is 1. The molecular weight excluding hydrogens is 211 g/mol. The molecule has 0 heterocycles. The third-order valence-electron chi connectivity index (χ3n) is 1.50. The molecule has 0 amide bonds. The summed E-state index contributed by atoms with van der Waals surface area (Å²) in [4.78, 5) is 10.4. The standard InChI is InChI=1S/C9H8ClFO3/c1-5(9(12)13)14-8-3-6(10)2-7(11)4-8/h2-5H,1H3,(H,12,13). The van der Waals surface area contributed by atoms with Crippen molar-refractivity contribution in [3.63, 3.8) is 0 Å². The quantitative estimate of drug-likeness (QED) is 0.847. The van der Waals surface area contributed by atoms with Crippen molar-refractivity contribution in [2.75, 3.05) is 0 Å². The number of carboxylic acid groups (broad SMARTS) is 1. The Balaban J connectivity index is 2.81. The van der Waals surface area contributed by atoms with Crippen molar-refractivity contribution in [3.8, 4) is 5.75 Å². The molecule has 1 rings (SSSR count). The summed E-state index contributed by atoms with van der Waals surface area (Å²) >= 11 is 5.55. The highest BCUT2D eigenvalue weighted by molar-refractivity contribution is 6.30. The molecule has 76 valence electrons. The van der Waals surface area contributed by atoms with E-state index in [-0.39, 0.29) is 10.8 Å². The number of carbonyl (C=O) groups is 1. The highest BCUT2D eigenvalue weighted by Gasteiger charge is 2.13. The molecule has 1 atom stereocenters. The van der Waals surface area contributed by atoms with Gasteiger partial charge in [-0.1, -0.05) is 11.6 Å². The van der Waals surface area contributed by atoms with Gasteiger partial charge in [0.05, 0.1) is 0 Å². The summed E-state index contributed by atoms with van der Waals surface area (Å²) in [7, 11) is 0. The normalized spacial score (nSPS) is 12.2. The van der Waals surface area contributed by atoms with Gasteiger partial charge in [0.2, 0.25) is 0 Å². The van der Waals surface area contributed by atoms with Crippen molar-refractivity contribution >= 4 is 17.6 Å². The van der Waals surface area contributed by atoms with Gasteiger partial charge in [-0.3, -0.25) is 0 Å². The van der Waals surface area contributed by atoms with Crippen LogP contribution in [0.2, 0.25) is 5.02 Å². The summed E-state index contributed by atoms with van der Waals surface area (Å²) in [5.41, 5.74) is 0. The van der Waals surface area contributed by atoms with Crippen LogP contribution in [0.3, 0.4) is 0 Å². The Morgan fingerprint density at radius 3 is 2.71 bits per heavy atom. The van der Waals surface area contributed by atoms with Gasteiger partial charge in [0, 0.05) is 11.1 Å². The number of rotatable bonds is 3. The van der Waals surface area contributed by atoms with Gasteiger partial charge in [0.15, 0.2) is 6.10 Å². The zero-order valence-electron chi connectivity index (χ0n) is 7.33. The predicted octanol–water partition coefficient (Wildman–Crippen LogP) is 2.33. The first-order valence-electron chi connectivity index (χ1n) is 3.84. The minimum atomic E-state index is -1.12. The highest BCUT2D eigenvalue weighted by Crippen LogP contribution is 2.20. The molecule has 0 aliphatic rings. The van der Waals surface area contributed by atoms with Crippen LogP contribution in [0, 0.1) is 5.82 Å². The minimum absolute atomic E-state index is 0.102. The molecule has 1 aromatic carbocycles. The number of hydrogen-bond donors (Lipinski definition) is 1. The monoisotopic (exact) mass is 218 g/mol. The number of benzene rings is 1. The lowest BCUT2D eigenvalue weighted by Crippen LogP contribution is -2.22. The van der Waals surface area contributed by atoms with Gasteiger partial charge in [-0.15, -0.1) is 0 Å². The van der Waals surface area contributed by atoms with Crippen LogP contribution in [0.1, 0.15) is 6.92 Å². The second kappa shape index (κ2) is 4.28. The fourth-order valence-electron chi connectivity index (χ4n) is 0.851. The van der Waals surface area contributed by atoms with E-state index in [9.17, 15) is 9.18 Å². The third-order valence-corrected chi connectivity index (χ3v) is 1.71. The number of hydrogen-bond acceptors (Lipinski definition) is 2. The van der Waals surface area contributed by atoms with Crippen molar-refractivity contribution in [3.05, 3.63) is 29.0 Å². The average Bonchev–Trinajstić information content (AvgIpc) is 2.01. The molecule has 0 bridgehead atoms. The summed E-state index contributed by atoms with van der Waals surface area (Å²) in [6.07, 6.45) is -1.03. The van der Waals surface area contributed by atoms with Gasteiger partial charge in [-0.25, -0.2) is 9.18 Å². The first-order valence-corrected chi connectivity index (χ1v) is 4.22. The number of halogens is 2. The van der Waals surface area contributed by atoms with Gasteiger partial charge in [-0.2, -0.15) is 0 Å². The fraction of sp³-hybridized carbons (Fsp3) is 0.222. The summed E-state index contributed by atoms with van der Waals surface area (Å²) in [5, 5.41) is 8.69. The molecule has 0 radical (unpaired) electrons. The topological polar surface area (TPSA) is 46.5 Å². The first-order chi connectivity index (χ1) is 6.49. The van der Waals surface area contributed by atoms with Crippen LogP contribution >= 0.6 is 11.6 Å². The van der Waals surface area contributed by atoms with E-state index in [0.717, 1.165) is 12.1 Å². The molecule has 1 unspecified atom stereocenters. The van der Waals surface area contributed by atoms with E-state index in [1.165, 1.54) is 13.0 Å². The van der Waals surface area contributed by atoms with E-state index < -0.39 is 17.9 Å². The molecule has 0 aromatic heterocycles. The van der Waals surface area contributed by atoms with Crippen molar-refractivity contribution < 1.29 is 19.0 Å². The van der Waals surface area contributed by atoms with Gasteiger partial charge in [0.25, 0.3) is 0 Å². The van der Waals surface area contributed by atoms with Crippen LogP contribution in [0.5, 0.6) is 5.75 Å². The second-order valence-electron chi connectivity index (χ2n) is 2.70. The van der Waals surface area contributed by atoms with Crippen molar-refractivity contribution in [1.29, 1.82) is 0 Å². The fourth-order valence-corrected chi connectivity index (χ4v) is 1.06. The van der Waals surface area contributed by atoms with E-state index in [2.05, 4.69) is 0 Å². The van der Waals surface area contributed by atoms with Crippen LogP contribution in [0.4, 0.5) is 4.39 Å². The summed E-state index contributed by atoms with van der Waals surface area (Å²) < 4.78 is 17.7. The van der Waals surface area contributed by atoms with Crippen LogP contribution < -0.4 is 4.74 Å². The molecule has 0 aliphatic carbocycles. The number of carboxylic acids is 1. The predicted molar refractivity (Wildman–Crippen MR) is 49.1 cm³/mol. The molecule has 0 spiro atoms. The first kappa shape index (κ1) is 10.8. The Morgan fingerprint density at radius 1 is 1.57 bits per heavy atom. The lowest BCUT2D eigenvalue weighted by Gasteiger charge is -2.10. The third kappa shape index (κ3) is 2.88.